The summed E-state index contributed by atoms with van der Waals surface area (Å²) < 4.78 is 6.98. The number of esters is 1. The van der Waals surface area contributed by atoms with Crippen LogP contribution < -0.4 is 5.32 Å². The quantitative estimate of drug-likeness (QED) is 0.471. The maximum Gasteiger partial charge on any atom is 0.316 e. The van der Waals surface area contributed by atoms with Gasteiger partial charge in [-0.05, 0) is 38.1 Å². The number of aromatic nitrogens is 3. The Balaban J connectivity index is 1.83. The lowest BCUT2D eigenvalue weighted by Crippen LogP contribution is -2.10. The lowest BCUT2D eigenvalue weighted by atomic mass is 10.2. The molecule has 2 aromatic carbocycles. The molecular weight excluding hydrogens is 360 g/mol. The largest absolute Gasteiger partial charge is 0.465 e. The third-order valence-corrected chi connectivity index (χ3v) is 4.74. The Kier molecular flexibility index (Phi) is 6.49. The fraction of sp³-hybridized carbons (Fsp3) is 0.250. The van der Waals surface area contributed by atoms with E-state index in [-0.39, 0.29) is 11.7 Å². The topological polar surface area (TPSA) is 69.0 Å². The van der Waals surface area contributed by atoms with Gasteiger partial charge in [0.25, 0.3) is 0 Å². The smallest absolute Gasteiger partial charge is 0.316 e. The monoisotopic (exact) mass is 382 g/mol. The lowest BCUT2D eigenvalue weighted by Gasteiger charge is -2.11. The average Bonchev–Trinajstić information content (AvgIpc) is 3.09. The summed E-state index contributed by atoms with van der Waals surface area (Å²) >= 11 is 1.32. The molecule has 1 aromatic heterocycles. The number of hydrogen-bond donors (Lipinski definition) is 1. The van der Waals surface area contributed by atoms with Gasteiger partial charge in [0.15, 0.2) is 11.0 Å². The van der Waals surface area contributed by atoms with Crippen LogP contribution in [-0.2, 0) is 16.1 Å². The van der Waals surface area contributed by atoms with Crippen molar-refractivity contribution in [1.82, 2.24) is 14.8 Å². The van der Waals surface area contributed by atoms with Crippen LogP contribution in [0.25, 0.3) is 5.69 Å². The Morgan fingerprint density at radius 2 is 1.85 bits per heavy atom. The predicted molar refractivity (Wildman–Crippen MR) is 107 cm³/mol. The van der Waals surface area contributed by atoms with Gasteiger partial charge in [-0.15, -0.1) is 10.2 Å². The molecule has 0 fully saturated rings. The highest BCUT2D eigenvalue weighted by atomic mass is 32.2. The summed E-state index contributed by atoms with van der Waals surface area (Å²) in [5.41, 5.74) is 3.15. The van der Waals surface area contributed by atoms with E-state index in [2.05, 4.69) is 15.5 Å². The molecule has 3 aromatic rings. The third kappa shape index (κ3) is 5.10. The molecule has 6 nitrogen and oxygen atoms in total. The van der Waals surface area contributed by atoms with Gasteiger partial charge in [-0.1, -0.05) is 47.7 Å². The molecule has 0 bridgehead atoms. The number of hydrogen-bond acceptors (Lipinski definition) is 6. The number of carbonyl (C=O) groups excluding carboxylic acids is 1. The number of carbonyl (C=O) groups is 1. The SMILES string of the molecule is CCOC(=O)CSc1nnc(CNc2ccccc2)n1-c1ccc(C)cc1. The van der Waals surface area contributed by atoms with Crippen molar-refractivity contribution in [2.24, 2.45) is 0 Å². The number of benzene rings is 2. The van der Waals surface area contributed by atoms with Gasteiger partial charge >= 0.3 is 5.97 Å². The molecule has 0 amide bonds. The van der Waals surface area contributed by atoms with Crippen LogP contribution in [0.5, 0.6) is 0 Å². The molecule has 3 rings (SSSR count). The summed E-state index contributed by atoms with van der Waals surface area (Å²) in [5, 5.41) is 12.6. The average molecular weight is 382 g/mol. The zero-order valence-electron chi connectivity index (χ0n) is 15.4. The van der Waals surface area contributed by atoms with Gasteiger partial charge in [0.1, 0.15) is 0 Å². The van der Waals surface area contributed by atoms with Crippen molar-refractivity contribution in [3.63, 3.8) is 0 Å². The van der Waals surface area contributed by atoms with E-state index in [0.717, 1.165) is 17.2 Å². The molecular formula is C20H22N4O2S. The number of anilines is 1. The minimum atomic E-state index is -0.259. The number of para-hydroxylation sites is 1. The molecule has 7 heteroatoms. The van der Waals surface area contributed by atoms with Crippen molar-refractivity contribution < 1.29 is 9.53 Å². The fourth-order valence-corrected chi connectivity index (χ4v) is 3.29. The van der Waals surface area contributed by atoms with Gasteiger partial charge in [-0.25, -0.2) is 0 Å². The fourth-order valence-electron chi connectivity index (χ4n) is 2.52. The summed E-state index contributed by atoms with van der Waals surface area (Å²) in [7, 11) is 0. The molecule has 0 aliphatic rings. The zero-order valence-corrected chi connectivity index (χ0v) is 16.2. The van der Waals surface area contributed by atoms with Crippen LogP contribution in [0.15, 0.2) is 59.8 Å². The molecule has 0 saturated heterocycles. The van der Waals surface area contributed by atoms with Crippen molar-refractivity contribution in [3.8, 4) is 5.69 Å². The van der Waals surface area contributed by atoms with Crippen LogP contribution in [0, 0.1) is 6.92 Å². The van der Waals surface area contributed by atoms with Crippen LogP contribution in [0.2, 0.25) is 0 Å². The predicted octanol–water partition coefficient (Wildman–Crippen LogP) is 3.84. The summed E-state index contributed by atoms with van der Waals surface area (Å²) in [6.07, 6.45) is 0. The highest BCUT2D eigenvalue weighted by Gasteiger charge is 2.16. The van der Waals surface area contributed by atoms with E-state index < -0.39 is 0 Å². The molecule has 1 N–H and O–H groups in total. The molecule has 0 unspecified atom stereocenters. The van der Waals surface area contributed by atoms with E-state index in [0.29, 0.717) is 18.3 Å². The highest BCUT2D eigenvalue weighted by molar-refractivity contribution is 7.99. The van der Waals surface area contributed by atoms with Gasteiger partial charge in [-0.2, -0.15) is 0 Å². The first-order valence-corrected chi connectivity index (χ1v) is 9.74. The first-order chi connectivity index (χ1) is 13.2. The number of thioether (sulfide) groups is 1. The van der Waals surface area contributed by atoms with Crippen LogP contribution in [0.1, 0.15) is 18.3 Å². The molecule has 27 heavy (non-hydrogen) atoms. The Bertz CT molecular complexity index is 879. The summed E-state index contributed by atoms with van der Waals surface area (Å²) in [4.78, 5) is 11.7. The van der Waals surface area contributed by atoms with Gasteiger partial charge in [0, 0.05) is 11.4 Å². The van der Waals surface area contributed by atoms with Crippen molar-refractivity contribution in [1.29, 1.82) is 0 Å². The first-order valence-electron chi connectivity index (χ1n) is 8.76. The zero-order chi connectivity index (χ0) is 19.1. The molecule has 0 aliphatic carbocycles. The molecule has 1 heterocycles. The normalized spacial score (nSPS) is 10.6. The third-order valence-electron chi connectivity index (χ3n) is 3.84. The molecule has 0 saturated carbocycles. The van der Waals surface area contributed by atoms with Crippen LogP contribution in [0.4, 0.5) is 5.69 Å². The summed E-state index contributed by atoms with van der Waals surface area (Å²) in [5.74, 6) is 0.711. The molecule has 140 valence electrons. The second kappa shape index (κ2) is 9.23. The molecule has 0 spiro atoms. The standard InChI is InChI=1S/C20H22N4O2S/c1-3-26-19(25)14-27-20-23-22-18(13-21-16-7-5-4-6-8-16)24(20)17-11-9-15(2)10-12-17/h4-12,21H,3,13-14H2,1-2H3. The Morgan fingerprint density at radius 3 is 2.56 bits per heavy atom. The van der Waals surface area contributed by atoms with E-state index in [1.54, 1.807) is 6.92 Å². The molecule has 0 aliphatic heterocycles. The van der Waals surface area contributed by atoms with Crippen molar-refractivity contribution in [2.75, 3.05) is 17.7 Å². The van der Waals surface area contributed by atoms with E-state index in [1.807, 2.05) is 66.1 Å². The van der Waals surface area contributed by atoms with Crippen molar-refractivity contribution in [2.45, 2.75) is 25.5 Å². The highest BCUT2D eigenvalue weighted by Crippen LogP contribution is 2.23. The number of ether oxygens (including phenoxy) is 1. The Hall–Kier alpha value is -2.80. The van der Waals surface area contributed by atoms with Crippen LogP contribution >= 0.6 is 11.8 Å². The van der Waals surface area contributed by atoms with Gasteiger partial charge in [0.2, 0.25) is 0 Å². The minimum absolute atomic E-state index is 0.198. The minimum Gasteiger partial charge on any atom is -0.465 e. The van der Waals surface area contributed by atoms with E-state index in [9.17, 15) is 4.79 Å². The van der Waals surface area contributed by atoms with Gasteiger partial charge < -0.3 is 10.1 Å². The van der Waals surface area contributed by atoms with Crippen LogP contribution in [-0.4, -0.2) is 33.1 Å². The Morgan fingerprint density at radius 1 is 1.11 bits per heavy atom. The van der Waals surface area contributed by atoms with Crippen molar-refractivity contribution in [3.05, 3.63) is 66.0 Å². The summed E-state index contributed by atoms with van der Waals surface area (Å²) in [6.45, 7) is 4.73. The maximum absolute atomic E-state index is 11.7. The van der Waals surface area contributed by atoms with Gasteiger partial charge in [-0.3, -0.25) is 9.36 Å². The lowest BCUT2D eigenvalue weighted by molar-refractivity contribution is -0.139. The van der Waals surface area contributed by atoms with E-state index >= 15 is 0 Å². The van der Waals surface area contributed by atoms with E-state index in [4.69, 9.17) is 4.74 Å². The number of rotatable bonds is 8. The van der Waals surface area contributed by atoms with Gasteiger partial charge in [0.05, 0.1) is 18.9 Å². The second-order valence-electron chi connectivity index (χ2n) is 5.88. The molecule has 0 radical (unpaired) electrons. The van der Waals surface area contributed by atoms with Crippen molar-refractivity contribution >= 4 is 23.4 Å². The second-order valence-corrected chi connectivity index (χ2v) is 6.83. The number of nitrogens with one attached hydrogen (secondary N) is 1. The first kappa shape index (κ1) is 19.0. The molecule has 0 atom stereocenters. The Labute approximate surface area is 163 Å². The number of nitrogens with zero attached hydrogens (tertiary/aromatic N) is 3. The van der Waals surface area contributed by atoms with E-state index in [1.165, 1.54) is 17.3 Å². The maximum atomic E-state index is 11.7. The van der Waals surface area contributed by atoms with Crippen LogP contribution in [0.3, 0.4) is 0 Å². The summed E-state index contributed by atoms with van der Waals surface area (Å²) in [6, 6.07) is 18.1. The number of aryl methyl sites for hydroxylation is 1.